The summed E-state index contributed by atoms with van der Waals surface area (Å²) in [4.78, 5) is 5.56. The largest absolute Gasteiger partial charge is 0.494 e. The number of ether oxygens (including phenoxy) is 2. The van der Waals surface area contributed by atoms with Gasteiger partial charge in [-0.15, -0.1) is 0 Å². The van der Waals surface area contributed by atoms with Gasteiger partial charge in [0.25, 0.3) is 0 Å². The molecular weight excluding hydrogens is 588 g/mol. The van der Waals surface area contributed by atoms with Gasteiger partial charge in [0.15, 0.2) is 0 Å². The molecule has 10 heteroatoms. The summed E-state index contributed by atoms with van der Waals surface area (Å²) in [5.41, 5.74) is 24.4. The smallest absolute Gasteiger partial charge is 0.133 e. The Morgan fingerprint density at radius 1 is 0.596 bits per heavy atom. The van der Waals surface area contributed by atoms with Crippen molar-refractivity contribution in [3.8, 4) is 23.6 Å². The van der Waals surface area contributed by atoms with E-state index in [1.807, 2.05) is 103 Å². The molecule has 4 rings (SSSR count). The fourth-order valence-electron chi connectivity index (χ4n) is 4.92. The van der Waals surface area contributed by atoms with E-state index in [0.29, 0.717) is 56.2 Å². The van der Waals surface area contributed by atoms with E-state index in [2.05, 4.69) is 32.2 Å². The van der Waals surface area contributed by atoms with Crippen molar-refractivity contribution >= 4 is 16.7 Å². The lowest BCUT2D eigenvalue weighted by molar-refractivity contribution is 0.313. The van der Waals surface area contributed by atoms with Gasteiger partial charge in [0.05, 0.1) is 13.2 Å². The Morgan fingerprint density at radius 2 is 0.979 bits per heavy atom. The van der Waals surface area contributed by atoms with Gasteiger partial charge in [0, 0.05) is 22.9 Å². The number of benzene rings is 4. The summed E-state index contributed by atoms with van der Waals surface area (Å²) in [6, 6.07) is 37.7. The fourth-order valence-corrected chi connectivity index (χ4v) is 4.92. The highest BCUT2D eigenvalue weighted by atomic mass is 16.5. The molecule has 0 unspecified atom stereocenters. The van der Waals surface area contributed by atoms with Crippen LogP contribution in [0.3, 0.4) is 0 Å². The predicted molar refractivity (Wildman–Crippen MR) is 183 cm³/mol. The summed E-state index contributed by atoms with van der Waals surface area (Å²) in [5.74, 6) is 1.41. The average molecular weight is 621 g/mol. The van der Waals surface area contributed by atoms with Crippen molar-refractivity contribution < 1.29 is 9.47 Å². The van der Waals surface area contributed by atoms with Crippen LogP contribution < -0.4 is 9.47 Å². The number of hydrogen-bond acceptors (Lipinski definition) is 6. The van der Waals surface area contributed by atoms with Gasteiger partial charge in [0.2, 0.25) is 0 Å². The molecule has 4 aromatic carbocycles. The van der Waals surface area contributed by atoms with E-state index in [0.717, 1.165) is 39.0 Å². The zero-order valence-electron chi connectivity index (χ0n) is 26.0. The SMILES string of the molecule is CC(=C(C#N)C#N)c1ccc(C(=C(c2ccc(OCCCN=[N+]=[N-])cc2)c2ccc(OCCCN=[N+]=[N-])cc2)c2ccccc2)cc1. The molecule has 0 aromatic heterocycles. The van der Waals surface area contributed by atoms with E-state index < -0.39 is 0 Å². The molecule has 0 N–H and O–H groups in total. The van der Waals surface area contributed by atoms with Gasteiger partial charge in [-0.3, -0.25) is 0 Å². The summed E-state index contributed by atoms with van der Waals surface area (Å²) in [7, 11) is 0. The van der Waals surface area contributed by atoms with Crippen LogP contribution in [0.15, 0.2) is 119 Å². The number of nitrogens with zero attached hydrogens (tertiary/aromatic N) is 8. The Labute approximate surface area is 273 Å². The molecule has 0 saturated carbocycles. The minimum atomic E-state index is 0.0810. The Bertz CT molecular complexity index is 1800. The Kier molecular flexibility index (Phi) is 12.6. The lowest BCUT2D eigenvalue weighted by atomic mass is 9.85. The summed E-state index contributed by atoms with van der Waals surface area (Å²) < 4.78 is 11.8. The summed E-state index contributed by atoms with van der Waals surface area (Å²) in [6.45, 7) is 3.38. The summed E-state index contributed by atoms with van der Waals surface area (Å²) >= 11 is 0. The first-order chi connectivity index (χ1) is 23.1. The molecule has 0 amide bonds. The number of rotatable bonds is 15. The van der Waals surface area contributed by atoms with Gasteiger partial charge in [-0.2, -0.15) is 10.5 Å². The van der Waals surface area contributed by atoms with Crippen LogP contribution >= 0.6 is 0 Å². The van der Waals surface area contributed by atoms with Crippen molar-refractivity contribution in [3.63, 3.8) is 0 Å². The Hall–Kier alpha value is -6.44. The first-order valence-electron chi connectivity index (χ1n) is 15.0. The molecule has 232 valence electrons. The van der Waals surface area contributed by atoms with Crippen LogP contribution in [0.5, 0.6) is 11.5 Å². The molecule has 0 radical (unpaired) electrons. The van der Waals surface area contributed by atoms with Crippen LogP contribution in [-0.4, -0.2) is 26.3 Å². The third kappa shape index (κ3) is 9.28. The molecule has 47 heavy (non-hydrogen) atoms. The molecule has 0 saturated heterocycles. The second-order valence-electron chi connectivity index (χ2n) is 10.3. The molecule has 0 heterocycles. The molecule has 4 aromatic rings. The molecule has 0 atom stereocenters. The van der Waals surface area contributed by atoms with Crippen LogP contribution in [0.1, 0.15) is 47.6 Å². The number of nitriles is 2. The van der Waals surface area contributed by atoms with E-state index in [4.69, 9.17) is 20.5 Å². The molecular formula is C37H32N8O2. The maximum atomic E-state index is 9.39. The van der Waals surface area contributed by atoms with Crippen molar-refractivity contribution in [3.05, 3.63) is 157 Å². The zero-order chi connectivity index (χ0) is 33.3. The fraction of sp³-hybridized carbons (Fsp3) is 0.189. The first-order valence-corrected chi connectivity index (χ1v) is 15.0. The lowest BCUT2D eigenvalue weighted by Crippen LogP contribution is -2.01. The van der Waals surface area contributed by atoms with Gasteiger partial charge in [-0.1, -0.05) is 89.1 Å². The van der Waals surface area contributed by atoms with E-state index in [1.54, 1.807) is 6.92 Å². The van der Waals surface area contributed by atoms with Crippen molar-refractivity contribution in [1.82, 2.24) is 0 Å². The average Bonchev–Trinajstić information content (AvgIpc) is 3.12. The first kappa shape index (κ1) is 33.5. The van der Waals surface area contributed by atoms with Crippen molar-refractivity contribution in [2.75, 3.05) is 26.3 Å². The second kappa shape index (κ2) is 17.8. The van der Waals surface area contributed by atoms with Gasteiger partial charge in [-0.05, 0) is 99.6 Å². The standard InChI is InChI=1S/C37H32N8O2/c1-27(33(25-38)26-39)28-9-11-30(12-10-28)36(29-7-3-2-4-8-29)37(31-13-17-34(18-14-31)46-23-5-21-42-44-40)32-15-19-35(20-16-32)47-24-6-22-43-45-41/h2-4,7-20H,5-6,21-24H2,1H3. The second-order valence-corrected chi connectivity index (χ2v) is 10.3. The summed E-state index contributed by atoms with van der Waals surface area (Å²) in [5, 5.41) is 25.9. The minimum Gasteiger partial charge on any atom is -0.494 e. The topological polar surface area (TPSA) is 164 Å². The highest BCUT2D eigenvalue weighted by Crippen LogP contribution is 2.38. The third-order valence-electron chi connectivity index (χ3n) is 7.27. The van der Waals surface area contributed by atoms with E-state index in [-0.39, 0.29) is 5.57 Å². The molecule has 0 aliphatic heterocycles. The zero-order valence-corrected chi connectivity index (χ0v) is 26.0. The highest BCUT2D eigenvalue weighted by molar-refractivity contribution is 6.04. The van der Waals surface area contributed by atoms with Crippen LogP contribution in [0.25, 0.3) is 37.6 Å². The molecule has 0 aliphatic rings. The van der Waals surface area contributed by atoms with E-state index in [9.17, 15) is 10.5 Å². The van der Waals surface area contributed by atoms with Gasteiger partial charge in [-0.25, -0.2) is 0 Å². The van der Waals surface area contributed by atoms with Crippen molar-refractivity contribution in [2.24, 2.45) is 10.2 Å². The summed E-state index contributed by atoms with van der Waals surface area (Å²) in [6.07, 6.45) is 1.23. The molecule has 0 spiro atoms. The van der Waals surface area contributed by atoms with Gasteiger partial charge >= 0.3 is 0 Å². The maximum Gasteiger partial charge on any atom is 0.133 e. The number of allylic oxidation sites excluding steroid dienone is 2. The molecule has 0 aliphatic carbocycles. The lowest BCUT2D eigenvalue weighted by Gasteiger charge is -2.19. The predicted octanol–water partition coefficient (Wildman–Crippen LogP) is 9.67. The quantitative estimate of drug-likeness (QED) is 0.0323. The van der Waals surface area contributed by atoms with E-state index in [1.165, 1.54) is 0 Å². The normalized spacial score (nSPS) is 9.85. The van der Waals surface area contributed by atoms with Crippen LogP contribution in [0, 0.1) is 22.7 Å². The number of hydrogen-bond donors (Lipinski definition) is 0. The number of azide groups is 2. The molecule has 10 nitrogen and oxygen atoms in total. The van der Waals surface area contributed by atoms with E-state index >= 15 is 0 Å². The van der Waals surface area contributed by atoms with Gasteiger partial charge in [0.1, 0.15) is 29.2 Å². The Balaban J connectivity index is 1.82. The monoisotopic (exact) mass is 620 g/mol. The Morgan fingerprint density at radius 3 is 1.38 bits per heavy atom. The van der Waals surface area contributed by atoms with Crippen LogP contribution in [0.4, 0.5) is 0 Å². The van der Waals surface area contributed by atoms with Gasteiger partial charge < -0.3 is 9.47 Å². The minimum absolute atomic E-state index is 0.0810. The van der Waals surface area contributed by atoms with Crippen LogP contribution in [-0.2, 0) is 0 Å². The third-order valence-corrected chi connectivity index (χ3v) is 7.27. The van der Waals surface area contributed by atoms with Crippen molar-refractivity contribution in [2.45, 2.75) is 19.8 Å². The highest BCUT2D eigenvalue weighted by Gasteiger charge is 2.17. The maximum absolute atomic E-state index is 9.39. The van der Waals surface area contributed by atoms with Crippen LogP contribution in [0.2, 0.25) is 0 Å². The van der Waals surface area contributed by atoms with Crippen molar-refractivity contribution in [1.29, 1.82) is 10.5 Å². The molecule has 0 fully saturated rings. The molecule has 0 bridgehead atoms.